The van der Waals surface area contributed by atoms with Crippen molar-refractivity contribution in [2.75, 3.05) is 11.9 Å². The zero-order valence-electron chi connectivity index (χ0n) is 21.3. The quantitative estimate of drug-likeness (QED) is 0.452. The molecule has 37 heavy (non-hydrogen) atoms. The van der Waals surface area contributed by atoms with Crippen molar-refractivity contribution in [2.24, 2.45) is 0 Å². The SMILES string of the molecule is CC[C@H](C)NC(=O)O[C@@H]1CO[C@H](c2cnc(Nc3cncc(S(=O)(=O)NC(=O)OC(C)(C)C)c3)nc2)C1. The third-order valence-electron chi connectivity index (χ3n) is 5.15. The molecule has 1 fully saturated rings. The average molecular weight is 537 g/mol. The van der Waals surface area contributed by atoms with Crippen molar-refractivity contribution < 1.29 is 32.2 Å². The molecule has 0 aliphatic carbocycles. The topological polar surface area (TPSA) is 171 Å². The van der Waals surface area contributed by atoms with Crippen molar-refractivity contribution in [3.63, 3.8) is 0 Å². The normalized spacial score (nSPS) is 18.5. The van der Waals surface area contributed by atoms with Crippen molar-refractivity contribution in [2.45, 2.75) is 76.2 Å². The van der Waals surface area contributed by atoms with Crippen LogP contribution in [0.5, 0.6) is 0 Å². The molecule has 0 saturated carbocycles. The highest BCUT2D eigenvalue weighted by Crippen LogP contribution is 2.30. The van der Waals surface area contributed by atoms with Gasteiger partial charge < -0.3 is 24.8 Å². The highest BCUT2D eigenvalue weighted by atomic mass is 32.2. The molecular weight excluding hydrogens is 504 g/mol. The smallest absolute Gasteiger partial charge is 0.421 e. The number of anilines is 2. The highest BCUT2D eigenvalue weighted by molar-refractivity contribution is 7.90. The van der Waals surface area contributed by atoms with E-state index in [9.17, 15) is 18.0 Å². The van der Waals surface area contributed by atoms with E-state index in [-0.39, 0.29) is 41.4 Å². The van der Waals surface area contributed by atoms with Crippen LogP contribution >= 0.6 is 0 Å². The van der Waals surface area contributed by atoms with Gasteiger partial charge in [-0.1, -0.05) is 6.92 Å². The largest absolute Gasteiger partial charge is 0.444 e. The predicted molar refractivity (Wildman–Crippen MR) is 133 cm³/mol. The van der Waals surface area contributed by atoms with Crippen molar-refractivity contribution in [1.29, 1.82) is 0 Å². The summed E-state index contributed by atoms with van der Waals surface area (Å²) in [5, 5.41) is 5.63. The number of aromatic nitrogens is 3. The summed E-state index contributed by atoms with van der Waals surface area (Å²) in [6, 6.07) is 1.31. The van der Waals surface area contributed by atoms with Crippen LogP contribution in [-0.4, -0.2) is 59.9 Å². The van der Waals surface area contributed by atoms with Gasteiger partial charge in [-0.3, -0.25) is 4.98 Å². The standard InChI is InChI=1S/C23H32N6O7S/c1-6-14(2)27-21(30)35-17-8-19(34-13-17)15-9-25-20(26-10-15)28-16-7-18(12-24-11-16)37(32,33)29-22(31)36-23(3,4)5/h7,9-12,14,17,19H,6,8,13H2,1-5H3,(H,27,30)(H,29,31)(H,25,26,28)/t14-,17-,19-/m0/s1. The Balaban J connectivity index is 1.58. The summed E-state index contributed by atoms with van der Waals surface area (Å²) in [5.74, 6) is 0.193. The van der Waals surface area contributed by atoms with E-state index in [0.29, 0.717) is 12.0 Å². The highest BCUT2D eigenvalue weighted by Gasteiger charge is 2.30. The fraction of sp³-hybridized carbons (Fsp3) is 0.522. The molecular formula is C23H32N6O7S. The maximum atomic E-state index is 12.5. The van der Waals surface area contributed by atoms with Gasteiger partial charge in [-0.05, 0) is 40.2 Å². The van der Waals surface area contributed by atoms with Crippen LogP contribution in [0.1, 0.15) is 59.1 Å². The van der Waals surface area contributed by atoms with Crippen molar-refractivity contribution in [3.05, 3.63) is 36.4 Å². The maximum Gasteiger partial charge on any atom is 0.421 e. The molecule has 1 aliphatic rings. The molecule has 0 aromatic carbocycles. The predicted octanol–water partition coefficient (Wildman–Crippen LogP) is 3.18. The number of nitrogens with zero attached hydrogens (tertiary/aromatic N) is 3. The summed E-state index contributed by atoms with van der Waals surface area (Å²) in [6.07, 6.45) is 4.62. The number of nitrogens with one attached hydrogen (secondary N) is 3. The third-order valence-corrected chi connectivity index (χ3v) is 6.43. The van der Waals surface area contributed by atoms with Crippen LogP contribution in [0.25, 0.3) is 0 Å². The van der Waals surface area contributed by atoms with Gasteiger partial charge >= 0.3 is 12.2 Å². The van der Waals surface area contributed by atoms with Crippen molar-refractivity contribution in [3.8, 4) is 0 Å². The van der Waals surface area contributed by atoms with E-state index in [4.69, 9.17) is 14.2 Å². The van der Waals surface area contributed by atoms with Crippen molar-refractivity contribution >= 4 is 33.8 Å². The lowest BCUT2D eigenvalue weighted by atomic mass is 10.1. The van der Waals surface area contributed by atoms with Crippen LogP contribution in [0, 0.1) is 0 Å². The number of pyridine rings is 1. The molecule has 2 aromatic heterocycles. The van der Waals surface area contributed by atoms with Gasteiger partial charge in [0.2, 0.25) is 5.95 Å². The Morgan fingerprint density at radius 3 is 2.51 bits per heavy atom. The van der Waals surface area contributed by atoms with Gasteiger partial charge in [0.15, 0.2) is 0 Å². The molecule has 0 unspecified atom stereocenters. The molecule has 3 N–H and O–H groups in total. The van der Waals surface area contributed by atoms with Crippen LogP contribution < -0.4 is 15.4 Å². The number of hydrogen-bond donors (Lipinski definition) is 3. The van der Waals surface area contributed by atoms with E-state index in [0.717, 1.165) is 12.6 Å². The van der Waals surface area contributed by atoms with Gasteiger partial charge in [-0.25, -0.2) is 32.7 Å². The molecule has 2 aromatic rings. The number of amides is 2. The van der Waals surface area contributed by atoms with Gasteiger partial charge in [0.25, 0.3) is 10.0 Å². The molecule has 3 heterocycles. The Kier molecular flexibility index (Phi) is 8.86. The summed E-state index contributed by atoms with van der Waals surface area (Å²) in [6.45, 7) is 8.99. The summed E-state index contributed by atoms with van der Waals surface area (Å²) < 4.78 is 43.0. The second-order valence-electron chi connectivity index (χ2n) is 9.52. The van der Waals surface area contributed by atoms with Crippen LogP contribution in [0.3, 0.4) is 0 Å². The Labute approximate surface area is 215 Å². The average Bonchev–Trinajstić information content (AvgIpc) is 3.26. The van der Waals surface area contributed by atoms with Crippen LogP contribution in [0.2, 0.25) is 0 Å². The first-order valence-corrected chi connectivity index (χ1v) is 13.2. The summed E-state index contributed by atoms with van der Waals surface area (Å²) in [4.78, 5) is 36.0. The minimum absolute atomic E-state index is 0.0244. The van der Waals surface area contributed by atoms with E-state index in [1.54, 1.807) is 33.2 Å². The molecule has 1 aliphatic heterocycles. The fourth-order valence-electron chi connectivity index (χ4n) is 3.20. The second-order valence-corrected chi connectivity index (χ2v) is 11.2. The van der Waals surface area contributed by atoms with E-state index in [2.05, 4.69) is 25.6 Å². The molecule has 13 nitrogen and oxygen atoms in total. The molecule has 202 valence electrons. The molecule has 3 rings (SSSR count). The Morgan fingerprint density at radius 2 is 1.86 bits per heavy atom. The number of carbonyl (C=O) groups excluding carboxylic acids is 2. The zero-order chi connectivity index (χ0) is 27.2. The van der Waals surface area contributed by atoms with E-state index < -0.39 is 27.8 Å². The fourth-order valence-corrected chi connectivity index (χ4v) is 4.06. The number of rotatable bonds is 8. The van der Waals surface area contributed by atoms with Crippen LogP contribution in [-0.2, 0) is 24.2 Å². The molecule has 3 atom stereocenters. The number of hydrogen-bond acceptors (Lipinski definition) is 11. The molecule has 1 saturated heterocycles. The summed E-state index contributed by atoms with van der Waals surface area (Å²) in [5.41, 5.74) is 0.136. The monoisotopic (exact) mass is 536 g/mol. The summed E-state index contributed by atoms with van der Waals surface area (Å²) >= 11 is 0. The minimum atomic E-state index is -4.21. The van der Waals surface area contributed by atoms with E-state index >= 15 is 0 Å². The number of sulfonamides is 1. The Morgan fingerprint density at radius 1 is 1.16 bits per heavy atom. The third kappa shape index (κ3) is 8.53. The number of alkyl carbamates (subject to hydrolysis) is 1. The van der Waals surface area contributed by atoms with Gasteiger partial charge in [-0.2, -0.15) is 0 Å². The molecule has 0 spiro atoms. The van der Waals surface area contributed by atoms with Gasteiger partial charge in [-0.15, -0.1) is 0 Å². The van der Waals surface area contributed by atoms with Crippen LogP contribution in [0.4, 0.5) is 21.2 Å². The number of ether oxygens (including phenoxy) is 3. The van der Waals surface area contributed by atoms with Gasteiger partial charge in [0.1, 0.15) is 16.6 Å². The van der Waals surface area contributed by atoms with Gasteiger partial charge in [0, 0.05) is 36.6 Å². The maximum absolute atomic E-state index is 12.5. The van der Waals surface area contributed by atoms with Gasteiger partial charge in [0.05, 0.1) is 24.6 Å². The first-order chi connectivity index (χ1) is 17.3. The minimum Gasteiger partial charge on any atom is -0.444 e. The lowest BCUT2D eigenvalue weighted by Crippen LogP contribution is -2.36. The van der Waals surface area contributed by atoms with E-state index in [1.165, 1.54) is 12.3 Å². The molecule has 0 radical (unpaired) electrons. The lowest BCUT2D eigenvalue weighted by molar-refractivity contribution is 0.0570. The van der Waals surface area contributed by atoms with Crippen molar-refractivity contribution in [1.82, 2.24) is 25.0 Å². The molecule has 0 bridgehead atoms. The number of carbonyl (C=O) groups is 2. The Hall–Kier alpha value is -3.52. The first-order valence-electron chi connectivity index (χ1n) is 11.7. The molecule has 2 amide bonds. The summed E-state index contributed by atoms with van der Waals surface area (Å²) in [7, 11) is -4.21. The van der Waals surface area contributed by atoms with Crippen LogP contribution in [0.15, 0.2) is 35.7 Å². The first kappa shape index (κ1) is 28.1. The zero-order valence-corrected chi connectivity index (χ0v) is 22.2. The Bertz CT molecular complexity index is 1200. The van der Waals surface area contributed by atoms with E-state index in [1.807, 2.05) is 18.6 Å². The second kappa shape index (κ2) is 11.7. The lowest BCUT2D eigenvalue weighted by Gasteiger charge is -2.19. The molecule has 14 heteroatoms.